The van der Waals surface area contributed by atoms with E-state index in [0.29, 0.717) is 6.42 Å². The van der Waals surface area contributed by atoms with Crippen LogP contribution in [-0.4, -0.2) is 43.5 Å². The van der Waals surface area contributed by atoms with Crippen molar-refractivity contribution in [2.45, 2.75) is 25.7 Å². The molecule has 28 heavy (non-hydrogen) atoms. The number of hydrogen-bond donors (Lipinski definition) is 1. The van der Waals surface area contributed by atoms with Gasteiger partial charge < -0.3 is 10.2 Å². The largest absolute Gasteiger partial charge is 0.369 e. The molecule has 4 nitrogen and oxygen atoms in total. The summed E-state index contributed by atoms with van der Waals surface area (Å²) in [5, 5.41) is 3.06. The van der Waals surface area contributed by atoms with Crippen LogP contribution in [0.2, 0.25) is 0 Å². The van der Waals surface area contributed by atoms with Crippen molar-refractivity contribution < 1.29 is 4.79 Å². The smallest absolute Gasteiger partial charge is 0.224 e. The standard InChI is InChI=1S/C23H28BrN3O/c24-22-7-2-1-4-19(22)10-11-23(28)25-20-5-3-6-21(16-20)27-14-12-26(13-15-27)17-18-8-9-18/h1-7,16,18H,8-15,17H2,(H,25,28). The fourth-order valence-corrected chi connectivity index (χ4v) is 4.29. The normalized spacial score (nSPS) is 17.5. The van der Waals surface area contributed by atoms with Gasteiger partial charge in [-0.1, -0.05) is 40.2 Å². The third-order valence-corrected chi connectivity index (χ3v) is 6.43. The molecule has 4 rings (SSSR count). The van der Waals surface area contributed by atoms with E-state index in [-0.39, 0.29) is 5.91 Å². The van der Waals surface area contributed by atoms with E-state index in [1.165, 1.54) is 25.1 Å². The Kier molecular flexibility index (Phi) is 6.33. The second kappa shape index (κ2) is 9.10. The number of piperazine rings is 1. The minimum atomic E-state index is 0.0576. The molecule has 1 amide bonds. The maximum Gasteiger partial charge on any atom is 0.224 e. The molecular weight excluding hydrogens is 414 g/mol. The number of anilines is 2. The van der Waals surface area contributed by atoms with Crippen molar-refractivity contribution >= 4 is 33.2 Å². The summed E-state index contributed by atoms with van der Waals surface area (Å²) in [5.41, 5.74) is 3.25. The zero-order valence-corrected chi connectivity index (χ0v) is 17.8. The second-order valence-electron chi connectivity index (χ2n) is 7.92. The molecule has 148 valence electrons. The van der Waals surface area contributed by atoms with Gasteiger partial charge in [0.1, 0.15) is 0 Å². The number of nitrogens with zero attached hydrogens (tertiary/aromatic N) is 2. The summed E-state index contributed by atoms with van der Waals surface area (Å²) in [4.78, 5) is 17.4. The first-order valence-corrected chi connectivity index (χ1v) is 11.1. The van der Waals surface area contributed by atoms with Crippen molar-refractivity contribution in [3.8, 4) is 0 Å². The van der Waals surface area contributed by atoms with Gasteiger partial charge in [-0.3, -0.25) is 9.69 Å². The average Bonchev–Trinajstić information content (AvgIpc) is 3.52. The monoisotopic (exact) mass is 441 g/mol. The van der Waals surface area contributed by atoms with Gasteiger partial charge in [0.25, 0.3) is 0 Å². The van der Waals surface area contributed by atoms with Gasteiger partial charge in [0.05, 0.1) is 0 Å². The Labute approximate surface area is 176 Å². The third kappa shape index (κ3) is 5.36. The minimum Gasteiger partial charge on any atom is -0.369 e. The Bertz CT molecular complexity index is 813. The van der Waals surface area contributed by atoms with Crippen LogP contribution in [0.25, 0.3) is 0 Å². The highest BCUT2D eigenvalue weighted by molar-refractivity contribution is 9.10. The van der Waals surface area contributed by atoms with Gasteiger partial charge in [0.2, 0.25) is 5.91 Å². The van der Waals surface area contributed by atoms with Crippen molar-refractivity contribution in [2.24, 2.45) is 5.92 Å². The molecule has 2 fully saturated rings. The first-order chi connectivity index (χ1) is 13.7. The lowest BCUT2D eigenvalue weighted by Gasteiger charge is -2.36. The number of halogens is 1. The van der Waals surface area contributed by atoms with E-state index in [1.807, 2.05) is 30.3 Å². The van der Waals surface area contributed by atoms with Crippen LogP contribution in [0.1, 0.15) is 24.8 Å². The Morgan fingerprint density at radius 2 is 1.82 bits per heavy atom. The molecule has 0 spiro atoms. The molecule has 0 radical (unpaired) electrons. The van der Waals surface area contributed by atoms with Crippen LogP contribution in [0, 0.1) is 5.92 Å². The van der Waals surface area contributed by atoms with Gasteiger partial charge >= 0.3 is 0 Å². The first-order valence-electron chi connectivity index (χ1n) is 10.3. The van der Waals surface area contributed by atoms with E-state index in [9.17, 15) is 4.79 Å². The summed E-state index contributed by atoms with van der Waals surface area (Å²) in [6.45, 7) is 5.68. The van der Waals surface area contributed by atoms with Crippen molar-refractivity contribution in [2.75, 3.05) is 42.9 Å². The van der Waals surface area contributed by atoms with E-state index < -0.39 is 0 Å². The minimum absolute atomic E-state index is 0.0576. The Balaban J connectivity index is 1.28. The number of carbonyl (C=O) groups excluding carboxylic acids is 1. The molecule has 1 heterocycles. The Hall–Kier alpha value is -1.85. The lowest BCUT2D eigenvalue weighted by atomic mass is 10.1. The number of benzene rings is 2. The van der Waals surface area contributed by atoms with Gasteiger partial charge in [-0.2, -0.15) is 0 Å². The van der Waals surface area contributed by atoms with Crippen LogP contribution in [0.15, 0.2) is 53.0 Å². The number of aryl methyl sites for hydroxylation is 1. The molecule has 5 heteroatoms. The van der Waals surface area contributed by atoms with Gasteiger partial charge in [-0.15, -0.1) is 0 Å². The Morgan fingerprint density at radius 3 is 2.57 bits per heavy atom. The van der Waals surface area contributed by atoms with E-state index in [0.717, 1.165) is 54.2 Å². The van der Waals surface area contributed by atoms with Crippen molar-refractivity contribution in [1.29, 1.82) is 0 Å². The maximum absolute atomic E-state index is 12.4. The first kappa shape index (κ1) is 19.5. The molecule has 1 aliphatic heterocycles. The third-order valence-electron chi connectivity index (χ3n) is 5.66. The summed E-state index contributed by atoms with van der Waals surface area (Å²) in [7, 11) is 0. The van der Waals surface area contributed by atoms with Crippen LogP contribution in [0.3, 0.4) is 0 Å². The lowest BCUT2D eigenvalue weighted by Crippen LogP contribution is -2.47. The molecule has 0 atom stereocenters. The fraction of sp³-hybridized carbons (Fsp3) is 0.435. The van der Waals surface area contributed by atoms with E-state index in [2.05, 4.69) is 49.2 Å². The predicted molar refractivity (Wildman–Crippen MR) is 119 cm³/mol. The number of carbonyl (C=O) groups is 1. The molecule has 2 aromatic carbocycles. The second-order valence-corrected chi connectivity index (χ2v) is 8.78. The zero-order valence-electron chi connectivity index (χ0n) is 16.2. The van der Waals surface area contributed by atoms with Crippen LogP contribution in [0.5, 0.6) is 0 Å². The van der Waals surface area contributed by atoms with E-state index >= 15 is 0 Å². The topological polar surface area (TPSA) is 35.6 Å². The highest BCUT2D eigenvalue weighted by Gasteiger charge is 2.26. The molecule has 1 aliphatic carbocycles. The summed E-state index contributed by atoms with van der Waals surface area (Å²) < 4.78 is 1.06. The predicted octanol–water partition coefficient (Wildman–Crippen LogP) is 4.55. The molecular formula is C23H28BrN3O. The number of rotatable bonds is 7. The molecule has 1 saturated heterocycles. The number of hydrogen-bond acceptors (Lipinski definition) is 3. The molecule has 2 aromatic rings. The zero-order chi connectivity index (χ0) is 19.3. The molecule has 0 unspecified atom stereocenters. The Morgan fingerprint density at radius 1 is 1.04 bits per heavy atom. The van der Waals surface area contributed by atoms with Crippen LogP contribution >= 0.6 is 15.9 Å². The summed E-state index contributed by atoms with van der Waals surface area (Å²) >= 11 is 3.55. The van der Waals surface area contributed by atoms with Gasteiger partial charge in [0.15, 0.2) is 0 Å². The molecule has 1 saturated carbocycles. The summed E-state index contributed by atoms with van der Waals surface area (Å²) in [6.07, 6.45) is 4.05. The molecule has 2 aliphatic rings. The highest BCUT2D eigenvalue weighted by Crippen LogP contribution is 2.30. The lowest BCUT2D eigenvalue weighted by molar-refractivity contribution is -0.116. The molecule has 0 bridgehead atoms. The average molecular weight is 442 g/mol. The van der Waals surface area contributed by atoms with Crippen LogP contribution in [0.4, 0.5) is 11.4 Å². The molecule has 0 aromatic heterocycles. The van der Waals surface area contributed by atoms with Gasteiger partial charge in [-0.05, 0) is 55.0 Å². The SMILES string of the molecule is O=C(CCc1ccccc1Br)Nc1cccc(N2CCN(CC3CC3)CC2)c1. The van der Waals surface area contributed by atoms with E-state index in [1.54, 1.807) is 0 Å². The quantitative estimate of drug-likeness (QED) is 0.684. The van der Waals surface area contributed by atoms with Crippen molar-refractivity contribution in [3.63, 3.8) is 0 Å². The van der Waals surface area contributed by atoms with E-state index in [4.69, 9.17) is 0 Å². The van der Waals surface area contributed by atoms with Gasteiger partial charge in [0, 0.05) is 55.0 Å². The summed E-state index contributed by atoms with van der Waals surface area (Å²) in [6, 6.07) is 16.3. The van der Waals surface area contributed by atoms with Crippen molar-refractivity contribution in [1.82, 2.24) is 4.90 Å². The van der Waals surface area contributed by atoms with Crippen LogP contribution in [-0.2, 0) is 11.2 Å². The highest BCUT2D eigenvalue weighted by atomic mass is 79.9. The van der Waals surface area contributed by atoms with Crippen molar-refractivity contribution in [3.05, 3.63) is 58.6 Å². The fourth-order valence-electron chi connectivity index (χ4n) is 3.81. The summed E-state index contributed by atoms with van der Waals surface area (Å²) in [5.74, 6) is 1.02. The van der Waals surface area contributed by atoms with Crippen LogP contribution < -0.4 is 10.2 Å². The molecule has 1 N–H and O–H groups in total. The number of amides is 1. The maximum atomic E-state index is 12.4. The number of nitrogens with one attached hydrogen (secondary N) is 1. The van der Waals surface area contributed by atoms with Gasteiger partial charge in [-0.25, -0.2) is 0 Å².